The Bertz CT molecular complexity index is 884. The summed E-state index contributed by atoms with van der Waals surface area (Å²) in [6, 6.07) is -2.01. The van der Waals surface area contributed by atoms with Gasteiger partial charge in [0.2, 0.25) is 5.91 Å². The molecule has 11 nitrogen and oxygen atoms in total. The summed E-state index contributed by atoms with van der Waals surface area (Å²) in [4.78, 5) is 52.5. The van der Waals surface area contributed by atoms with Gasteiger partial charge in [0, 0.05) is 23.6 Å². The lowest BCUT2D eigenvalue weighted by atomic mass is 10.0. The van der Waals surface area contributed by atoms with Crippen molar-refractivity contribution in [2.45, 2.75) is 24.4 Å². The van der Waals surface area contributed by atoms with Gasteiger partial charge in [-0.25, -0.2) is 9.78 Å². The lowest BCUT2D eigenvalue weighted by molar-refractivity contribution is -0.151. The maximum Gasteiger partial charge on any atom is 0.352 e. The number of hydrogen-bond donors (Lipinski definition) is 4. The van der Waals surface area contributed by atoms with Crippen LogP contribution in [0.3, 0.4) is 0 Å². The second-order valence-corrected chi connectivity index (χ2v) is 8.02. The van der Waals surface area contributed by atoms with Crippen molar-refractivity contribution in [1.82, 2.24) is 15.2 Å². The third-order valence-electron chi connectivity index (χ3n) is 4.14. The van der Waals surface area contributed by atoms with Crippen molar-refractivity contribution in [3.05, 3.63) is 22.3 Å². The molecule has 1 fully saturated rings. The number of nitrogens with zero attached hydrogens (tertiary/aromatic N) is 2. The van der Waals surface area contributed by atoms with Gasteiger partial charge in [-0.2, -0.15) is 0 Å². The molecule has 0 radical (unpaired) electrons. The number of nitrogen functional groups attached to an aromatic ring is 1. The van der Waals surface area contributed by atoms with Gasteiger partial charge in [-0.3, -0.25) is 19.3 Å². The van der Waals surface area contributed by atoms with Crippen molar-refractivity contribution in [2.75, 3.05) is 18.1 Å². The number of fused-ring (bicyclic) bond motifs is 1. The van der Waals surface area contributed by atoms with Crippen LogP contribution >= 0.6 is 23.1 Å². The minimum Gasteiger partial charge on any atom is -0.477 e. The molecule has 13 heteroatoms. The molecular formula is C15H17N5O6S2. The Balaban J connectivity index is 1.72. The second-order valence-electron chi connectivity index (χ2n) is 6.02. The van der Waals surface area contributed by atoms with Crippen LogP contribution in [0.15, 0.2) is 16.7 Å². The molecule has 150 valence electrons. The van der Waals surface area contributed by atoms with Crippen molar-refractivity contribution in [3.63, 3.8) is 0 Å². The summed E-state index contributed by atoms with van der Waals surface area (Å²) in [5.74, 6) is -2.81. The van der Waals surface area contributed by atoms with Crippen LogP contribution in [-0.4, -0.2) is 62.5 Å². The Morgan fingerprint density at radius 2 is 2.21 bits per heavy atom. The number of nitrogens with two attached hydrogens (primary N) is 2. The summed E-state index contributed by atoms with van der Waals surface area (Å²) in [5, 5.41) is 13.3. The largest absolute Gasteiger partial charge is 0.477 e. The van der Waals surface area contributed by atoms with E-state index in [1.165, 1.54) is 18.7 Å². The molecule has 1 aromatic rings. The molecule has 2 aliphatic heterocycles. The van der Waals surface area contributed by atoms with Crippen molar-refractivity contribution < 1.29 is 29.0 Å². The molecule has 3 heterocycles. The third kappa shape index (κ3) is 3.68. The molecule has 1 unspecified atom stereocenters. The summed E-state index contributed by atoms with van der Waals surface area (Å²) < 4.78 is 4.86. The van der Waals surface area contributed by atoms with Crippen LogP contribution < -0.4 is 16.8 Å². The number of amides is 2. The molecule has 0 aliphatic carbocycles. The summed E-state index contributed by atoms with van der Waals surface area (Å²) in [5.41, 5.74) is 11.8. The Morgan fingerprint density at radius 1 is 1.50 bits per heavy atom. The molecule has 2 aliphatic rings. The fraction of sp³-hybridized carbons (Fsp3) is 0.400. The van der Waals surface area contributed by atoms with Gasteiger partial charge in [0.05, 0.1) is 5.69 Å². The zero-order chi connectivity index (χ0) is 20.6. The number of ether oxygens (including phenoxy) is 1. The first-order valence-electron chi connectivity index (χ1n) is 8.01. The van der Waals surface area contributed by atoms with Crippen LogP contribution in [-0.2, 0) is 23.9 Å². The van der Waals surface area contributed by atoms with Gasteiger partial charge in [-0.15, -0.1) is 23.1 Å². The fourth-order valence-electron chi connectivity index (χ4n) is 2.80. The Kier molecular flexibility index (Phi) is 5.58. The second kappa shape index (κ2) is 7.77. The molecule has 1 aromatic heterocycles. The maximum absolute atomic E-state index is 12.5. The molecule has 28 heavy (non-hydrogen) atoms. The highest BCUT2D eigenvalue weighted by Crippen LogP contribution is 2.40. The molecule has 0 spiro atoms. The van der Waals surface area contributed by atoms with Crippen LogP contribution in [0.4, 0.5) is 5.13 Å². The predicted octanol–water partition coefficient (Wildman–Crippen LogP) is -0.973. The SMILES string of the molecule is CC(=O)OCC1=C(C(=O)O)N2C(=O)[C@H](NC(=O)C(N)c3csc(N)n3)[C@@H]2SC1. The van der Waals surface area contributed by atoms with Gasteiger partial charge in [0.15, 0.2) is 5.13 Å². The number of carboxylic acids is 1. The van der Waals surface area contributed by atoms with E-state index in [-0.39, 0.29) is 28.9 Å². The van der Waals surface area contributed by atoms with E-state index in [2.05, 4.69) is 10.3 Å². The van der Waals surface area contributed by atoms with E-state index >= 15 is 0 Å². The number of aliphatic carboxylic acids is 1. The quantitative estimate of drug-likeness (QED) is 0.326. The van der Waals surface area contributed by atoms with Gasteiger partial charge in [0.1, 0.15) is 29.8 Å². The van der Waals surface area contributed by atoms with Gasteiger partial charge < -0.3 is 26.6 Å². The van der Waals surface area contributed by atoms with E-state index < -0.39 is 41.2 Å². The highest BCUT2D eigenvalue weighted by Gasteiger charge is 2.54. The van der Waals surface area contributed by atoms with E-state index in [0.29, 0.717) is 5.57 Å². The highest BCUT2D eigenvalue weighted by atomic mass is 32.2. The number of aromatic nitrogens is 1. The van der Waals surface area contributed by atoms with Crippen LogP contribution in [0.5, 0.6) is 0 Å². The number of nitrogens with one attached hydrogen (secondary N) is 1. The number of carbonyl (C=O) groups is 4. The van der Waals surface area contributed by atoms with Crippen LogP contribution in [0.2, 0.25) is 0 Å². The molecule has 3 rings (SSSR count). The van der Waals surface area contributed by atoms with E-state index in [4.69, 9.17) is 16.2 Å². The highest BCUT2D eigenvalue weighted by molar-refractivity contribution is 8.00. The van der Waals surface area contributed by atoms with Gasteiger partial charge in [-0.05, 0) is 0 Å². The Labute approximate surface area is 167 Å². The molecule has 0 saturated carbocycles. The van der Waals surface area contributed by atoms with Gasteiger partial charge in [0.25, 0.3) is 5.91 Å². The van der Waals surface area contributed by atoms with Crippen molar-refractivity contribution in [2.24, 2.45) is 5.73 Å². The molecule has 2 amide bonds. The van der Waals surface area contributed by atoms with E-state index in [1.807, 2.05) is 0 Å². The maximum atomic E-state index is 12.5. The normalized spacial score (nSPS) is 22.2. The third-order valence-corrected chi connectivity index (χ3v) is 6.17. The van der Waals surface area contributed by atoms with Crippen molar-refractivity contribution in [1.29, 1.82) is 0 Å². The summed E-state index contributed by atoms with van der Waals surface area (Å²) in [6.07, 6.45) is 0. The summed E-state index contributed by atoms with van der Waals surface area (Å²) in [7, 11) is 0. The van der Waals surface area contributed by atoms with Crippen molar-refractivity contribution in [3.8, 4) is 0 Å². The number of β-lactam (4-membered cyclic amide) rings is 1. The average Bonchev–Trinajstić information content (AvgIpc) is 3.08. The van der Waals surface area contributed by atoms with Crippen molar-refractivity contribution >= 4 is 52.0 Å². The van der Waals surface area contributed by atoms with Crippen LogP contribution in [0.25, 0.3) is 0 Å². The molecule has 0 aromatic carbocycles. The average molecular weight is 427 g/mol. The molecule has 6 N–H and O–H groups in total. The van der Waals surface area contributed by atoms with E-state index in [0.717, 1.165) is 16.2 Å². The zero-order valence-electron chi connectivity index (χ0n) is 14.6. The van der Waals surface area contributed by atoms with Gasteiger partial charge in [-0.1, -0.05) is 0 Å². The molecule has 3 atom stereocenters. The fourth-order valence-corrected chi connectivity index (χ4v) is 4.73. The number of hydrogen-bond acceptors (Lipinski definition) is 10. The first kappa shape index (κ1) is 20.1. The lowest BCUT2D eigenvalue weighted by Crippen LogP contribution is -2.71. The number of anilines is 1. The van der Waals surface area contributed by atoms with Gasteiger partial charge >= 0.3 is 11.9 Å². The number of thioether (sulfide) groups is 1. The van der Waals surface area contributed by atoms with Crippen LogP contribution in [0, 0.1) is 0 Å². The number of thiazole rings is 1. The number of rotatable bonds is 6. The topological polar surface area (TPSA) is 178 Å². The minimum absolute atomic E-state index is 0.215. The van der Waals surface area contributed by atoms with E-state index in [9.17, 15) is 24.3 Å². The number of esters is 1. The Morgan fingerprint density at radius 3 is 2.79 bits per heavy atom. The van der Waals surface area contributed by atoms with Crippen LogP contribution in [0.1, 0.15) is 18.7 Å². The minimum atomic E-state index is -1.31. The predicted molar refractivity (Wildman–Crippen MR) is 99.8 cm³/mol. The molecular weight excluding hydrogens is 410 g/mol. The molecule has 0 bridgehead atoms. The zero-order valence-corrected chi connectivity index (χ0v) is 16.2. The monoisotopic (exact) mass is 427 g/mol. The number of carbonyl (C=O) groups excluding carboxylic acids is 3. The summed E-state index contributed by atoms with van der Waals surface area (Å²) in [6.45, 7) is 0.993. The number of carboxylic acid groups (broad SMARTS) is 1. The Hall–Kier alpha value is -2.64. The summed E-state index contributed by atoms with van der Waals surface area (Å²) >= 11 is 2.40. The smallest absolute Gasteiger partial charge is 0.352 e. The van der Waals surface area contributed by atoms with E-state index in [1.54, 1.807) is 5.38 Å². The lowest BCUT2D eigenvalue weighted by Gasteiger charge is -2.49. The molecule has 1 saturated heterocycles. The standard InChI is InChI=1S/C15H17N5O6S2/c1-5(21)26-2-6-3-27-13-9(12(23)20(13)10(6)14(24)25)19-11(22)8(16)7-4-28-15(17)18-7/h4,8-9,13H,2-3,16H2,1H3,(H2,17,18)(H,19,22)(H,24,25)/t8?,9-,13-/m0/s1. The first-order valence-corrected chi connectivity index (χ1v) is 9.93. The first-order chi connectivity index (χ1) is 13.2.